The summed E-state index contributed by atoms with van der Waals surface area (Å²) < 4.78 is 0. The standard InChI is InChI=1S/C9H8N4.2C2H6/c10-8-3-6-12-9(13-8)7-1-4-11-5-2-7;2*1-2/h1-6H,(H2,10,12,13);2*1-2H3. The Labute approximate surface area is 103 Å². The predicted molar refractivity (Wildman–Crippen MR) is 72.4 cm³/mol. The summed E-state index contributed by atoms with van der Waals surface area (Å²) in [6.07, 6.45) is 5.03. The minimum absolute atomic E-state index is 0.474. The van der Waals surface area contributed by atoms with Crippen LogP contribution in [0.4, 0.5) is 5.82 Å². The summed E-state index contributed by atoms with van der Waals surface area (Å²) in [7, 11) is 0. The summed E-state index contributed by atoms with van der Waals surface area (Å²) in [6, 6.07) is 5.34. The molecule has 0 aliphatic carbocycles. The van der Waals surface area contributed by atoms with Gasteiger partial charge < -0.3 is 5.73 Å². The van der Waals surface area contributed by atoms with Crippen LogP contribution in [0.2, 0.25) is 0 Å². The molecular formula is C13H20N4. The van der Waals surface area contributed by atoms with E-state index in [1.54, 1.807) is 24.7 Å². The number of hydrogen-bond acceptors (Lipinski definition) is 4. The normalized spacial score (nSPS) is 8.24. The smallest absolute Gasteiger partial charge is 0.161 e. The molecule has 0 amide bonds. The number of pyridine rings is 1. The Balaban J connectivity index is 0.000000581. The molecule has 0 saturated heterocycles. The Morgan fingerprint density at radius 3 is 2.00 bits per heavy atom. The third kappa shape index (κ3) is 5.06. The molecule has 0 fully saturated rings. The molecule has 0 aromatic carbocycles. The van der Waals surface area contributed by atoms with Gasteiger partial charge in [-0.15, -0.1) is 0 Å². The van der Waals surface area contributed by atoms with Gasteiger partial charge in [0.2, 0.25) is 0 Å². The summed E-state index contributed by atoms with van der Waals surface area (Å²) in [5.41, 5.74) is 6.45. The zero-order valence-electron chi connectivity index (χ0n) is 10.9. The van der Waals surface area contributed by atoms with Crippen molar-refractivity contribution in [3.8, 4) is 11.4 Å². The van der Waals surface area contributed by atoms with E-state index in [-0.39, 0.29) is 0 Å². The van der Waals surface area contributed by atoms with Gasteiger partial charge in [-0.05, 0) is 18.2 Å². The van der Waals surface area contributed by atoms with E-state index < -0.39 is 0 Å². The van der Waals surface area contributed by atoms with E-state index in [0.29, 0.717) is 11.6 Å². The van der Waals surface area contributed by atoms with Crippen LogP contribution in [-0.2, 0) is 0 Å². The van der Waals surface area contributed by atoms with Gasteiger partial charge in [0.25, 0.3) is 0 Å². The summed E-state index contributed by atoms with van der Waals surface area (Å²) in [4.78, 5) is 12.1. The fourth-order valence-electron chi connectivity index (χ4n) is 1.01. The maximum absolute atomic E-state index is 5.53. The van der Waals surface area contributed by atoms with Crippen molar-refractivity contribution < 1.29 is 0 Å². The number of hydrogen-bond donors (Lipinski definition) is 1. The molecule has 2 aromatic heterocycles. The number of nitrogens with two attached hydrogens (primary N) is 1. The van der Waals surface area contributed by atoms with Crippen LogP contribution < -0.4 is 5.73 Å². The molecule has 4 nitrogen and oxygen atoms in total. The quantitative estimate of drug-likeness (QED) is 0.820. The first-order valence-electron chi connectivity index (χ1n) is 5.85. The van der Waals surface area contributed by atoms with Crippen molar-refractivity contribution >= 4 is 5.82 Å². The lowest BCUT2D eigenvalue weighted by atomic mass is 10.2. The Kier molecular flexibility index (Phi) is 8.20. The Morgan fingerprint density at radius 2 is 1.47 bits per heavy atom. The summed E-state index contributed by atoms with van der Waals surface area (Å²) in [5, 5.41) is 0. The van der Waals surface area contributed by atoms with Crippen LogP contribution in [0, 0.1) is 0 Å². The molecule has 92 valence electrons. The maximum atomic E-state index is 5.53. The van der Waals surface area contributed by atoms with Gasteiger partial charge in [-0.25, -0.2) is 9.97 Å². The van der Waals surface area contributed by atoms with E-state index in [0.717, 1.165) is 5.56 Å². The molecule has 2 rings (SSSR count). The number of anilines is 1. The van der Waals surface area contributed by atoms with Crippen molar-refractivity contribution in [3.63, 3.8) is 0 Å². The third-order valence-corrected chi connectivity index (χ3v) is 1.62. The minimum Gasteiger partial charge on any atom is -0.384 e. The SMILES string of the molecule is CC.CC.Nc1ccnc(-c2ccncc2)n1. The van der Waals surface area contributed by atoms with Crippen molar-refractivity contribution in [2.75, 3.05) is 5.73 Å². The monoisotopic (exact) mass is 232 g/mol. The lowest BCUT2D eigenvalue weighted by molar-refractivity contribution is 1.18. The molecule has 2 heterocycles. The molecule has 0 aliphatic rings. The topological polar surface area (TPSA) is 64.7 Å². The van der Waals surface area contributed by atoms with Crippen LogP contribution in [0.25, 0.3) is 11.4 Å². The van der Waals surface area contributed by atoms with Gasteiger partial charge in [0.05, 0.1) is 0 Å². The molecule has 2 N–H and O–H groups in total. The van der Waals surface area contributed by atoms with Crippen molar-refractivity contribution in [1.29, 1.82) is 0 Å². The average Bonchev–Trinajstić information content (AvgIpc) is 2.44. The van der Waals surface area contributed by atoms with Crippen molar-refractivity contribution in [1.82, 2.24) is 15.0 Å². The first-order valence-corrected chi connectivity index (χ1v) is 5.85. The summed E-state index contributed by atoms with van der Waals surface area (Å²) in [5.74, 6) is 1.10. The van der Waals surface area contributed by atoms with Gasteiger partial charge in [-0.2, -0.15) is 0 Å². The van der Waals surface area contributed by atoms with Crippen LogP contribution in [0.1, 0.15) is 27.7 Å². The van der Waals surface area contributed by atoms with Crippen LogP contribution in [0.3, 0.4) is 0 Å². The number of rotatable bonds is 1. The van der Waals surface area contributed by atoms with E-state index in [1.807, 2.05) is 39.8 Å². The second kappa shape index (κ2) is 9.27. The van der Waals surface area contributed by atoms with Crippen molar-refractivity contribution in [2.45, 2.75) is 27.7 Å². The van der Waals surface area contributed by atoms with E-state index in [9.17, 15) is 0 Å². The van der Waals surface area contributed by atoms with Gasteiger partial charge in [0.15, 0.2) is 5.82 Å². The molecule has 0 atom stereocenters. The molecule has 0 radical (unpaired) electrons. The predicted octanol–water partition coefficient (Wildman–Crippen LogP) is 3.17. The highest BCUT2D eigenvalue weighted by atomic mass is 14.9. The highest BCUT2D eigenvalue weighted by Gasteiger charge is 1.98. The number of aromatic nitrogens is 3. The molecule has 0 aliphatic heterocycles. The molecule has 0 saturated carbocycles. The van der Waals surface area contributed by atoms with Gasteiger partial charge >= 0.3 is 0 Å². The van der Waals surface area contributed by atoms with Crippen LogP contribution >= 0.6 is 0 Å². The first kappa shape index (κ1) is 15.0. The molecule has 2 aromatic rings. The lowest BCUT2D eigenvalue weighted by Gasteiger charge is -1.98. The largest absolute Gasteiger partial charge is 0.384 e. The average molecular weight is 232 g/mol. The van der Waals surface area contributed by atoms with Gasteiger partial charge in [0.1, 0.15) is 5.82 Å². The van der Waals surface area contributed by atoms with Crippen molar-refractivity contribution in [3.05, 3.63) is 36.8 Å². The Hall–Kier alpha value is -1.97. The third-order valence-electron chi connectivity index (χ3n) is 1.62. The van der Waals surface area contributed by atoms with E-state index in [2.05, 4.69) is 15.0 Å². The molecule has 0 unspecified atom stereocenters. The molecule has 4 heteroatoms. The maximum Gasteiger partial charge on any atom is 0.161 e. The Bertz CT molecular complexity index is 401. The molecular weight excluding hydrogens is 212 g/mol. The van der Waals surface area contributed by atoms with E-state index in [4.69, 9.17) is 5.73 Å². The number of nitrogens with zero attached hydrogens (tertiary/aromatic N) is 3. The van der Waals surface area contributed by atoms with E-state index in [1.165, 1.54) is 0 Å². The van der Waals surface area contributed by atoms with E-state index >= 15 is 0 Å². The second-order valence-electron chi connectivity index (χ2n) is 2.54. The lowest BCUT2D eigenvalue weighted by Crippen LogP contribution is -1.94. The van der Waals surface area contributed by atoms with Crippen LogP contribution in [0.15, 0.2) is 36.8 Å². The second-order valence-corrected chi connectivity index (χ2v) is 2.54. The highest BCUT2D eigenvalue weighted by molar-refractivity contribution is 5.54. The number of nitrogen functional groups attached to an aromatic ring is 1. The molecule has 0 spiro atoms. The first-order chi connectivity index (χ1) is 8.36. The van der Waals surface area contributed by atoms with Crippen molar-refractivity contribution in [2.24, 2.45) is 0 Å². The van der Waals surface area contributed by atoms with Gasteiger partial charge in [0, 0.05) is 24.2 Å². The van der Waals surface area contributed by atoms with Crippen LogP contribution in [0.5, 0.6) is 0 Å². The zero-order chi connectivity index (χ0) is 13.1. The fourth-order valence-corrected chi connectivity index (χ4v) is 1.01. The summed E-state index contributed by atoms with van der Waals surface area (Å²) >= 11 is 0. The highest BCUT2D eigenvalue weighted by Crippen LogP contribution is 2.12. The zero-order valence-corrected chi connectivity index (χ0v) is 10.9. The fraction of sp³-hybridized carbons (Fsp3) is 0.308. The van der Waals surface area contributed by atoms with Gasteiger partial charge in [-0.3, -0.25) is 4.98 Å². The van der Waals surface area contributed by atoms with Gasteiger partial charge in [-0.1, -0.05) is 27.7 Å². The summed E-state index contributed by atoms with van der Waals surface area (Å²) in [6.45, 7) is 8.00. The van der Waals surface area contributed by atoms with Crippen LogP contribution in [-0.4, -0.2) is 15.0 Å². The minimum atomic E-state index is 0.474. The molecule has 0 bridgehead atoms. The molecule has 17 heavy (non-hydrogen) atoms. The Morgan fingerprint density at radius 1 is 0.882 bits per heavy atom.